The van der Waals surface area contributed by atoms with Crippen LogP contribution in [-0.2, 0) is 22.7 Å². The van der Waals surface area contributed by atoms with Gasteiger partial charge >= 0.3 is 0 Å². The molecule has 4 heteroatoms. The number of unbranched alkanes of at least 4 members (excludes halogenated alkanes) is 3. The van der Waals surface area contributed by atoms with Crippen LogP contribution in [0.4, 0.5) is 0 Å². The van der Waals surface area contributed by atoms with Gasteiger partial charge in [0.2, 0.25) is 0 Å². The van der Waals surface area contributed by atoms with Gasteiger partial charge in [-0.15, -0.1) is 0 Å². The summed E-state index contributed by atoms with van der Waals surface area (Å²) in [6, 6.07) is 7.94. The molecule has 0 unspecified atom stereocenters. The average Bonchev–Trinajstić information content (AvgIpc) is 2.58. The average molecular weight is 300 g/mol. The Morgan fingerprint density at radius 2 is 1.18 bits per heavy atom. The number of nitrogens with zero attached hydrogens (tertiary/aromatic N) is 2. The molecule has 4 nitrogen and oxygen atoms in total. The van der Waals surface area contributed by atoms with Crippen molar-refractivity contribution in [1.82, 2.24) is 9.97 Å². The zero-order valence-corrected chi connectivity index (χ0v) is 13.0. The standard InChI is InChI=1S/C18H24N2O2/c1(3-11-21-15-17-7-5-9-19-13-17)2-4-12-22-16-18-8-6-10-20-14-18/h5-10,13-14H,1-4,11-12,15-16H2. The van der Waals surface area contributed by atoms with Crippen molar-refractivity contribution in [2.45, 2.75) is 38.9 Å². The zero-order chi connectivity index (χ0) is 15.3. The molecular weight excluding hydrogens is 276 g/mol. The van der Waals surface area contributed by atoms with E-state index in [4.69, 9.17) is 9.47 Å². The SMILES string of the molecule is c1cncc(COCCCCCCOCc2cccnc2)c1. The van der Waals surface area contributed by atoms with E-state index in [9.17, 15) is 0 Å². The molecule has 118 valence electrons. The maximum absolute atomic E-state index is 5.63. The highest BCUT2D eigenvalue weighted by Gasteiger charge is 1.95. The van der Waals surface area contributed by atoms with Gasteiger partial charge in [-0.1, -0.05) is 25.0 Å². The summed E-state index contributed by atoms with van der Waals surface area (Å²) in [6.45, 7) is 2.93. The third-order valence-electron chi connectivity index (χ3n) is 3.31. The van der Waals surface area contributed by atoms with Crippen molar-refractivity contribution in [3.8, 4) is 0 Å². The van der Waals surface area contributed by atoms with Crippen molar-refractivity contribution in [3.63, 3.8) is 0 Å². The molecule has 0 aromatic carbocycles. The Morgan fingerprint density at radius 3 is 1.59 bits per heavy atom. The Balaban J connectivity index is 1.37. The van der Waals surface area contributed by atoms with E-state index in [1.807, 2.05) is 36.7 Å². The van der Waals surface area contributed by atoms with Crippen LogP contribution < -0.4 is 0 Å². The fourth-order valence-corrected chi connectivity index (χ4v) is 2.11. The van der Waals surface area contributed by atoms with Gasteiger partial charge in [0.1, 0.15) is 0 Å². The van der Waals surface area contributed by atoms with E-state index < -0.39 is 0 Å². The van der Waals surface area contributed by atoms with Crippen LogP contribution in [0.1, 0.15) is 36.8 Å². The van der Waals surface area contributed by atoms with E-state index >= 15 is 0 Å². The largest absolute Gasteiger partial charge is 0.377 e. The molecule has 0 aliphatic heterocycles. The number of hydrogen-bond donors (Lipinski definition) is 0. The molecule has 0 bridgehead atoms. The number of aromatic nitrogens is 2. The van der Waals surface area contributed by atoms with Gasteiger partial charge < -0.3 is 9.47 Å². The lowest BCUT2D eigenvalue weighted by molar-refractivity contribution is 0.108. The van der Waals surface area contributed by atoms with Crippen LogP contribution in [0.3, 0.4) is 0 Å². The van der Waals surface area contributed by atoms with Crippen LogP contribution in [0.5, 0.6) is 0 Å². The summed E-state index contributed by atoms with van der Waals surface area (Å²) in [4.78, 5) is 8.13. The zero-order valence-electron chi connectivity index (χ0n) is 13.0. The molecule has 2 heterocycles. The van der Waals surface area contributed by atoms with Crippen molar-refractivity contribution in [1.29, 1.82) is 0 Å². The van der Waals surface area contributed by atoms with E-state index in [-0.39, 0.29) is 0 Å². The predicted octanol–water partition coefficient (Wildman–Crippen LogP) is 3.77. The molecule has 0 spiro atoms. The molecule has 0 N–H and O–H groups in total. The molecule has 0 saturated carbocycles. The van der Waals surface area contributed by atoms with Crippen molar-refractivity contribution in [2.75, 3.05) is 13.2 Å². The molecule has 2 aromatic heterocycles. The quantitative estimate of drug-likeness (QED) is 0.593. The number of rotatable bonds is 11. The number of pyridine rings is 2. The minimum Gasteiger partial charge on any atom is -0.377 e. The molecule has 2 aromatic rings. The second-order valence-corrected chi connectivity index (χ2v) is 5.24. The maximum atomic E-state index is 5.63. The summed E-state index contributed by atoms with van der Waals surface area (Å²) >= 11 is 0. The summed E-state index contributed by atoms with van der Waals surface area (Å²) in [6.07, 6.45) is 11.8. The van der Waals surface area contributed by atoms with Gasteiger partial charge in [-0.05, 0) is 36.1 Å². The van der Waals surface area contributed by atoms with Crippen LogP contribution >= 0.6 is 0 Å². The lowest BCUT2D eigenvalue weighted by Gasteiger charge is -2.05. The van der Waals surface area contributed by atoms with E-state index in [1.54, 1.807) is 12.4 Å². The third-order valence-corrected chi connectivity index (χ3v) is 3.31. The van der Waals surface area contributed by atoms with Crippen molar-refractivity contribution in [3.05, 3.63) is 60.2 Å². The lowest BCUT2D eigenvalue weighted by atomic mass is 10.2. The summed E-state index contributed by atoms with van der Waals surface area (Å²) in [5.74, 6) is 0. The molecule has 0 amide bonds. The highest BCUT2D eigenvalue weighted by molar-refractivity contribution is 5.07. The molecule has 0 aliphatic rings. The summed E-state index contributed by atoms with van der Waals surface area (Å²) in [7, 11) is 0. The van der Waals surface area contributed by atoms with Gasteiger partial charge in [0.15, 0.2) is 0 Å². The van der Waals surface area contributed by atoms with E-state index in [2.05, 4.69) is 9.97 Å². The normalized spacial score (nSPS) is 10.7. The Kier molecular flexibility index (Phi) is 8.20. The molecule has 22 heavy (non-hydrogen) atoms. The first kappa shape index (κ1) is 16.6. The number of hydrogen-bond acceptors (Lipinski definition) is 4. The molecule has 0 fully saturated rings. The second-order valence-electron chi connectivity index (χ2n) is 5.24. The van der Waals surface area contributed by atoms with Gasteiger partial charge in [0.25, 0.3) is 0 Å². The fraction of sp³-hybridized carbons (Fsp3) is 0.444. The first-order chi connectivity index (χ1) is 10.9. The fourth-order valence-electron chi connectivity index (χ4n) is 2.11. The van der Waals surface area contributed by atoms with Crippen LogP contribution in [0.15, 0.2) is 49.1 Å². The van der Waals surface area contributed by atoms with E-state index in [1.165, 1.54) is 12.8 Å². The summed E-state index contributed by atoms with van der Waals surface area (Å²) in [5, 5.41) is 0. The second kappa shape index (κ2) is 10.9. The molecule has 2 rings (SSSR count). The van der Waals surface area contributed by atoms with Gasteiger partial charge in [-0.3, -0.25) is 9.97 Å². The summed E-state index contributed by atoms with van der Waals surface area (Å²) in [5.41, 5.74) is 2.26. The topological polar surface area (TPSA) is 44.2 Å². The first-order valence-electron chi connectivity index (χ1n) is 7.88. The highest BCUT2D eigenvalue weighted by atomic mass is 16.5. The van der Waals surface area contributed by atoms with Gasteiger partial charge in [0, 0.05) is 38.0 Å². The molecular formula is C18H24N2O2. The van der Waals surface area contributed by atoms with Crippen LogP contribution in [0.2, 0.25) is 0 Å². The molecule has 0 atom stereocenters. The molecule has 0 aliphatic carbocycles. The Morgan fingerprint density at radius 1 is 0.682 bits per heavy atom. The maximum Gasteiger partial charge on any atom is 0.0731 e. The first-order valence-corrected chi connectivity index (χ1v) is 7.88. The van der Waals surface area contributed by atoms with Crippen molar-refractivity contribution < 1.29 is 9.47 Å². The molecule has 0 saturated heterocycles. The lowest BCUT2D eigenvalue weighted by Crippen LogP contribution is -1.98. The summed E-state index contributed by atoms with van der Waals surface area (Å²) < 4.78 is 11.3. The van der Waals surface area contributed by atoms with Gasteiger partial charge in [0.05, 0.1) is 13.2 Å². The third kappa shape index (κ3) is 7.29. The van der Waals surface area contributed by atoms with Crippen LogP contribution in [0, 0.1) is 0 Å². The van der Waals surface area contributed by atoms with Crippen LogP contribution in [-0.4, -0.2) is 23.2 Å². The monoisotopic (exact) mass is 300 g/mol. The van der Waals surface area contributed by atoms with Crippen LogP contribution in [0.25, 0.3) is 0 Å². The minimum atomic E-state index is 0.655. The van der Waals surface area contributed by atoms with E-state index in [0.717, 1.165) is 37.2 Å². The predicted molar refractivity (Wildman–Crippen MR) is 86.3 cm³/mol. The van der Waals surface area contributed by atoms with Gasteiger partial charge in [-0.2, -0.15) is 0 Å². The van der Waals surface area contributed by atoms with Crippen molar-refractivity contribution in [2.24, 2.45) is 0 Å². The van der Waals surface area contributed by atoms with E-state index in [0.29, 0.717) is 13.2 Å². The Bertz CT molecular complexity index is 443. The Hall–Kier alpha value is -1.78. The van der Waals surface area contributed by atoms with Crippen molar-refractivity contribution >= 4 is 0 Å². The molecule has 0 radical (unpaired) electrons. The smallest absolute Gasteiger partial charge is 0.0731 e. The minimum absolute atomic E-state index is 0.655. The highest BCUT2D eigenvalue weighted by Crippen LogP contribution is 2.04. The Labute approximate surface area is 132 Å². The van der Waals surface area contributed by atoms with Gasteiger partial charge in [-0.25, -0.2) is 0 Å². The number of ether oxygens (including phenoxy) is 2.